The van der Waals surface area contributed by atoms with Crippen molar-refractivity contribution in [2.45, 2.75) is 25.9 Å². The van der Waals surface area contributed by atoms with E-state index in [0.717, 1.165) is 26.1 Å². The summed E-state index contributed by atoms with van der Waals surface area (Å²) in [5.41, 5.74) is 0. The molecule has 0 aliphatic carbocycles. The van der Waals surface area contributed by atoms with Gasteiger partial charge in [0, 0.05) is 6.54 Å². The summed E-state index contributed by atoms with van der Waals surface area (Å²) >= 11 is 0. The Labute approximate surface area is 147 Å². The molecule has 0 saturated carbocycles. The number of aliphatic imine (C=N–C) groups is 2. The zero-order chi connectivity index (χ0) is 17.9. The van der Waals surface area contributed by atoms with Gasteiger partial charge in [0.15, 0.2) is 6.10 Å². The number of nitrogens with one attached hydrogen (secondary N) is 1. The van der Waals surface area contributed by atoms with Crippen LogP contribution in [-0.4, -0.2) is 75.5 Å². The number of imide groups is 1. The average molecular weight is 387 g/mol. The van der Waals surface area contributed by atoms with Crippen molar-refractivity contribution in [2.24, 2.45) is 9.98 Å². The lowest BCUT2D eigenvalue weighted by molar-refractivity contribution is -0.127. The Kier molecular flexibility index (Phi) is 13.5. The number of halogens is 1. The van der Waals surface area contributed by atoms with E-state index in [-0.39, 0.29) is 12.4 Å². The van der Waals surface area contributed by atoms with Crippen molar-refractivity contribution in [1.82, 2.24) is 10.2 Å². The van der Waals surface area contributed by atoms with Gasteiger partial charge in [0.1, 0.15) is 0 Å². The number of nitrogens with zero attached hydrogens (tertiary/aromatic N) is 3. The molecule has 12 heteroatoms. The first-order valence-corrected chi connectivity index (χ1v) is 8.24. The Morgan fingerprint density at radius 1 is 1.38 bits per heavy atom. The lowest BCUT2D eigenvalue weighted by atomic mass is 10.3. The fourth-order valence-corrected chi connectivity index (χ4v) is 1.84. The summed E-state index contributed by atoms with van der Waals surface area (Å²) in [5, 5.41) is 1.81. The standard InChI is InChI=1S/C8H17N3.C4H5NO6S.ClH/c1-4-9-8-10-6-5-7-11(2)3;6-3-1-2(4(7)5-3)11-12(8,9)10;/h4-7H2,1-3H3;2H,1H2,(H,5,6,7)(H,8,9,10);1H. The minimum absolute atomic E-state index is 0. The third-order valence-electron chi connectivity index (χ3n) is 2.34. The Morgan fingerprint density at radius 2 is 2.00 bits per heavy atom. The monoisotopic (exact) mass is 386 g/mol. The molecule has 1 atom stereocenters. The molecule has 2 amide bonds. The summed E-state index contributed by atoms with van der Waals surface area (Å²) in [6.45, 7) is 4.67. The maximum Gasteiger partial charge on any atom is 0.398 e. The fraction of sp³-hybridized carbons (Fsp3) is 0.750. The van der Waals surface area contributed by atoms with E-state index in [1.807, 2.05) is 12.2 Å². The maximum atomic E-state index is 10.6. The molecule has 1 fully saturated rings. The minimum atomic E-state index is -4.68. The van der Waals surface area contributed by atoms with E-state index in [0.29, 0.717) is 0 Å². The molecular formula is C12H23ClN4O6S. The lowest BCUT2D eigenvalue weighted by Crippen LogP contribution is -2.28. The largest absolute Gasteiger partial charge is 0.398 e. The molecule has 1 saturated heterocycles. The van der Waals surface area contributed by atoms with Gasteiger partial charge in [-0.2, -0.15) is 8.42 Å². The summed E-state index contributed by atoms with van der Waals surface area (Å²) in [6.07, 6.45) is -0.745. The summed E-state index contributed by atoms with van der Waals surface area (Å²) < 4.78 is 32.2. The van der Waals surface area contributed by atoms with Crippen LogP contribution >= 0.6 is 12.4 Å². The molecule has 0 aromatic rings. The highest BCUT2D eigenvalue weighted by molar-refractivity contribution is 7.80. The fourth-order valence-electron chi connectivity index (χ4n) is 1.39. The van der Waals surface area contributed by atoms with Crippen molar-refractivity contribution in [3.05, 3.63) is 0 Å². The molecule has 0 aromatic carbocycles. The van der Waals surface area contributed by atoms with E-state index >= 15 is 0 Å². The summed E-state index contributed by atoms with van der Waals surface area (Å²) in [4.78, 5) is 31.1. The van der Waals surface area contributed by atoms with E-state index in [4.69, 9.17) is 4.55 Å². The molecule has 0 bridgehead atoms. The van der Waals surface area contributed by atoms with Crippen LogP contribution < -0.4 is 5.32 Å². The van der Waals surface area contributed by atoms with Gasteiger partial charge in [-0.25, -0.2) is 14.2 Å². The van der Waals surface area contributed by atoms with Gasteiger partial charge in [-0.1, -0.05) is 0 Å². The number of hydrogen-bond donors (Lipinski definition) is 2. The van der Waals surface area contributed by atoms with Gasteiger partial charge in [-0.05, 0) is 34.0 Å². The number of carbonyl (C=O) groups excluding carboxylic acids is 2. The first kappa shape index (κ1) is 24.9. The molecule has 140 valence electrons. The first-order valence-electron chi connectivity index (χ1n) is 6.87. The molecule has 24 heavy (non-hydrogen) atoms. The molecule has 2 N–H and O–H groups in total. The van der Waals surface area contributed by atoms with Crippen molar-refractivity contribution in [1.29, 1.82) is 0 Å². The molecule has 0 radical (unpaired) electrons. The van der Waals surface area contributed by atoms with Crippen molar-refractivity contribution in [3.63, 3.8) is 0 Å². The van der Waals surface area contributed by atoms with Crippen LogP contribution in [0.1, 0.15) is 19.8 Å². The smallest absolute Gasteiger partial charge is 0.309 e. The van der Waals surface area contributed by atoms with Gasteiger partial charge in [-0.15, -0.1) is 12.4 Å². The number of amides is 2. The molecule has 1 aliphatic heterocycles. The van der Waals surface area contributed by atoms with Crippen LogP contribution in [0.25, 0.3) is 0 Å². The topological polar surface area (TPSA) is 138 Å². The zero-order valence-electron chi connectivity index (χ0n) is 13.8. The SMILES string of the molecule is CCN=C=NCCCN(C)C.Cl.O=C1CC(OS(=O)(=O)O)C(=O)N1. The van der Waals surface area contributed by atoms with Crippen molar-refractivity contribution < 1.29 is 26.7 Å². The summed E-state index contributed by atoms with van der Waals surface area (Å²) in [6, 6.07) is 2.64. The van der Waals surface area contributed by atoms with Crippen LogP contribution in [0.5, 0.6) is 0 Å². The quantitative estimate of drug-likeness (QED) is 0.267. The third kappa shape index (κ3) is 14.2. The summed E-state index contributed by atoms with van der Waals surface area (Å²) in [7, 11) is -0.558. The van der Waals surface area contributed by atoms with Crippen molar-refractivity contribution >= 4 is 40.6 Å². The van der Waals surface area contributed by atoms with Gasteiger partial charge in [-0.3, -0.25) is 19.5 Å². The zero-order valence-corrected chi connectivity index (χ0v) is 15.4. The molecular weight excluding hydrogens is 364 g/mol. The Morgan fingerprint density at radius 3 is 2.42 bits per heavy atom. The van der Waals surface area contributed by atoms with E-state index < -0.39 is 34.7 Å². The Bertz CT molecular complexity index is 560. The predicted molar refractivity (Wildman–Crippen MR) is 89.9 cm³/mol. The second-order valence-electron chi connectivity index (χ2n) is 4.74. The highest BCUT2D eigenvalue weighted by Crippen LogP contribution is 2.08. The van der Waals surface area contributed by atoms with E-state index in [1.165, 1.54) is 0 Å². The molecule has 1 aliphatic rings. The summed E-state index contributed by atoms with van der Waals surface area (Å²) in [5.74, 6) is -1.49. The molecule has 1 heterocycles. The number of hydrogen-bond acceptors (Lipinski definition) is 8. The van der Waals surface area contributed by atoms with E-state index in [1.54, 1.807) is 0 Å². The van der Waals surface area contributed by atoms with Crippen molar-refractivity contribution in [2.75, 3.05) is 33.7 Å². The predicted octanol–water partition coefficient (Wildman–Crippen LogP) is -0.225. The molecule has 1 rings (SSSR count). The van der Waals surface area contributed by atoms with Crippen LogP contribution in [0.4, 0.5) is 0 Å². The number of carbonyl (C=O) groups is 2. The van der Waals surface area contributed by atoms with Crippen LogP contribution in [0, 0.1) is 0 Å². The van der Waals surface area contributed by atoms with E-state index in [9.17, 15) is 18.0 Å². The second-order valence-corrected chi connectivity index (χ2v) is 5.79. The molecule has 1 unspecified atom stereocenters. The average Bonchev–Trinajstić information content (AvgIpc) is 2.70. The van der Waals surface area contributed by atoms with E-state index in [2.05, 4.69) is 39.2 Å². The van der Waals surface area contributed by atoms with Gasteiger partial charge < -0.3 is 4.90 Å². The van der Waals surface area contributed by atoms with Gasteiger partial charge in [0.2, 0.25) is 5.91 Å². The lowest BCUT2D eigenvalue weighted by Gasteiger charge is -2.05. The maximum absolute atomic E-state index is 10.6. The Hall–Kier alpha value is -1.36. The second kappa shape index (κ2) is 13.0. The highest BCUT2D eigenvalue weighted by atomic mass is 35.5. The first-order chi connectivity index (χ1) is 10.7. The van der Waals surface area contributed by atoms with Crippen LogP contribution in [-0.2, 0) is 24.2 Å². The third-order valence-corrected chi connectivity index (χ3v) is 2.81. The van der Waals surface area contributed by atoms with Gasteiger partial charge >= 0.3 is 10.4 Å². The molecule has 0 aromatic heterocycles. The van der Waals surface area contributed by atoms with Crippen LogP contribution in [0.3, 0.4) is 0 Å². The molecule has 0 spiro atoms. The van der Waals surface area contributed by atoms with Gasteiger partial charge in [0.25, 0.3) is 5.91 Å². The van der Waals surface area contributed by atoms with Crippen molar-refractivity contribution in [3.8, 4) is 0 Å². The van der Waals surface area contributed by atoms with Crippen LogP contribution in [0.2, 0.25) is 0 Å². The molecule has 10 nitrogen and oxygen atoms in total. The highest BCUT2D eigenvalue weighted by Gasteiger charge is 2.34. The normalized spacial score (nSPS) is 16.5. The Balaban J connectivity index is 0. The minimum Gasteiger partial charge on any atom is -0.309 e. The van der Waals surface area contributed by atoms with Crippen LogP contribution in [0.15, 0.2) is 9.98 Å². The number of rotatable bonds is 7. The van der Waals surface area contributed by atoms with Gasteiger partial charge in [0.05, 0.1) is 19.0 Å².